The molecule has 1 aromatic carbocycles. The van der Waals surface area contributed by atoms with Crippen molar-refractivity contribution in [2.24, 2.45) is 11.3 Å². The average molecular weight is 294 g/mol. The van der Waals surface area contributed by atoms with Crippen molar-refractivity contribution in [3.8, 4) is 0 Å². The van der Waals surface area contributed by atoms with E-state index in [0.29, 0.717) is 6.54 Å². The highest BCUT2D eigenvalue weighted by Crippen LogP contribution is 2.35. The number of ether oxygens (including phenoxy) is 1. The van der Waals surface area contributed by atoms with Crippen LogP contribution in [0.5, 0.6) is 0 Å². The Morgan fingerprint density at radius 3 is 2.86 bits per heavy atom. The monoisotopic (exact) mass is 294 g/mol. The molecule has 1 aliphatic heterocycles. The normalized spacial score (nSPS) is 19.7. The van der Waals surface area contributed by atoms with Crippen molar-refractivity contribution in [1.29, 1.82) is 0 Å². The fourth-order valence-electron chi connectivity index (χ4n) is 2.92. The third kappa shape index (κ3) is 3.35. The van der Waals surface area contributed by atoms with E-state index in [1.807, 2.05) is 19.9 Å². The molecule has 1 unspecified atom stereocenters. The molecule has 1 heterocycles. The van der Waals surface area contributed by atoms with Crippen LogP contribution in [-0.4, -0.2) is 31.1 Å². The molecule has 0 spiro atoms. The number of likely N-dealkylation sites (tertiary alicyclic amines) is 1. The lowest BCUT2D eigenvalue weighted by atomic mass is 9.78. The van der Waals surface area contributed by atoms with Crippen LogP contribution in [0.1, 0.15) is 25.8 Å². The maximum atomic E-state index is 13.5. The second kappa shape index (κ2) is 6.02. The van der Waals surface area contributed by atoms with Crippen molar-refractivity contribution < 1.29 is 13.9 Å². The Bertz CT molecular complexity index is 531. The Balaban J connectivity index is 1.99. The zero-order valence-electron chi connectivity index (χ0n) is 12.9. The Morgan fingerprint density at radius 1 is 1.52 bits per heavy atom. The molecule has 1 atom stereocenters. The zero-order chi connectivity index (χ0) is 15.6. The van der Waals surface area contributed by atoms with Crippen LogP contribution in [0, 0.1) is 17.2 Å². The number of carbonyl (C=O) groups excluding carboxylic acids is 1. The zero-order valence-corrected chi connectivity index (χ0v) is 12.9. The first-order valence-electron chi connectivity index (χ1n) is 7.19. The highest BCUT2D eigenvalue weighted by Gasteiger charge is 2.41. The summed E-state index contributed by atoms with van der Waals surface area (Å²) in [6.07, 6.45) is 0.944. The standard InChI is InChI=1S/C16H23FN2O2/c1-16(2,15(20)21-3)12-6-7-19(10-12)9-11-4-5-14(18)13(17)8-11/h4-5,8,12H,6-7,9-10,18H2,1-3H3. The quantitative estimate of drug-likeness (QED) is 0.684. The van der Waals surface area contributed by atoms with E-state index in [9.17, 15) is 9.18 Å². The topological polar surface area (TPSA) is 55.6 Å². The lowest BCUT2D eigenvalue weighted by Gasteiger charge is -2.28. The van der Waals surface area contributed by atoms with Gasteiger partial charge in [0.2, 0.25) is 0 Å². The maximum Gasteiger partial charge on any atom is 0.311 e. The van der Waals surface area contributed by atoms with Gasteiger partial charge in [0.15, 0.2) is 0 Å². The van der Waals surface area contributed by atoms with Crippen LogP contribution in [-0.2, 0) is 16.1 Å². The first kappa shape index (κ1) is 15.8. The van der Waals surface area contributed by atoms with Crippen molar-refractivity contribution in [3.05, 3.63) is 29.6 Å². The minimum absolute atomic E-state index is 0.171. The van der Waals surface area contributed by atoms with E-state index in [-0.39, 0.29) is 23.4 Å². The van der Waals surface area contributed by atoms with Gasteiger partial charge in [0, 0.05) is 13.1 Å². The van der Waals surface area contributed by atoms with E-state index >= 15 is 0 Å². The smallest absolute Gasteiger partial charge is 0.311 e. The number of halogens is 1. The molecule has 1 fully saturated rings. The van der Waals surface area contributed by atoms with Crippen molar-refractivity contribution in [2.45, 2.75) is 26.8 Å². The molecule has 1 aliphatic rings. The van der Waals surface area contributed by atoms with Gasteiger partial charge in [-0.25, -0.2) is 4.39 Å². The van der Waals surface area contributed by atoms with E-state index in [2.05, 4.69) is 4.90 Å². The highest BCUT2D eigenvalue weighted by atomic mass is 19.1. The van der Waals surface area contributed by atoms with E-state index in [4.69, 9.17) is 10.5 Å². The van der Waals surface area contributed by atoms with E-state index in [1.165, 1.54) is 13.2 Å². The number of methoxy groups -OCH3 is 1. The van der Waals surface area contributed by atoms with Gasteiger partial charge in [-0.15, -0.1) is 0 Å². The number of rotatable bonds is 4. The summed E-state index contributed by atoms with van der Waals surface area (Å²) < 4.78 is 18.4. The fourth-order valence-corrected chi connectivity index (χ4v) is 2.92. The lowest BCUT2D eigenvalue weighted by Crippen LogP contribution is -2.35. The Kier molecular flexibility index (Phi) is 4.52. The number of hydrogen-bond acceptors (Lipinski definition) is 4. The van der Waals surface area contributed by atoms with Gasteiger partial charge in [-0.1, -0.05) is 6.07 Å². The largest absolute Gasteiger partial charge is 0.469 e. The van der Waals surface area contributed by atoms with Crippen molar-refractivity contribution >= 4 is 11.7 Å². The van der Waals surface area contributed by atoms with E-state index in [1.54, 1.807) is 6.07 Å². The van der Waals surface area contributed by atoms with Crippen LogP contribution in [0.25, 0.3) is 0 Å². The molecule has 116 valence electrons. The van der Waals surface area contributed by atoms with Crippen LogP contribution < -0.4 is 5.73 Å². The summed E-state index contributed by atoms with van der Waals surface area (Å²) >= 11 is 0. The SMILES string of the molecule is COC(=O)C(C)(C)C1CCN(Cc2ccc(N)c(F)c2)C1. The third-order valence-corrected chi connectivity index (χ3v) is 4.48. The first-order chi connectivity index (χ1) is 9.84. The van der Waals surface area contributed by atoms with Crippen molar-refractivity contribution in [2.75, 3.05) is 25.9 Å². The van der Waals surface area contributed by atoms with Crippen LogP contribution >= 0.6 is 0 Å². The van der Waals surface area contributed by atoms with Gasteiger partial charge < -0.3 is 10.5 Å². The number of anilines is 1. The van der Waals surface area contributed by atoms with Gasteiger partial charge >= 0.3 is 5.97 Å². The minimum Gasteiger partial charge on any atom is -0.469 e. The number of nitrogens with two attached hydrogens (primary N) is 1. The molecule has 4 nitrogen and oxygen atoms in total. The molecule has 5 heteroatoms. The van der Waals surface area contributed by atoms with Crippen LogP contribution in [0.15, 0.2) is 18.2 Å². The summed E-state index contributed by atoms with van der Waals surface area (Å²) in [5, 5.41) is 0. The molecule has 2 N–H and O–H groups in total. The van der Waals surface area contributed by atoms with Gasteiger partial charge in [0.1, 0.15) is 5.82 Å². The number of esters is 1. The molecular formula is C16H23FN2O2. The van der Waals surface area contributed by atoms with Gasteiger partial charge in [-0.3, -0.25) is 9.69 Å². The summed E-state index contributed by atoms with van der Waals surface area (Å²) in [6, 6.07) is 4.92. The summed E-state index contributed by atoms with van der Waals surface area (Å²) in [4.78, 5) is 14.1. The van der Waals surface area contributed by atoms with Crippen molar-refractivity contribution in [1.82, 2.24) is 4.90 Å². The number of nitrogen functional groups attached to an aromatic ring is 1. The Hall–Kier alpha value is -1.62. The first-order valence-corrected chi connectivity index (χ1v) is 7.19. The molecule has 0 aromatic heterocycles. The predicted octanol–water partition coefficient (Wildman–Crippen LogP) is 2.43. The molecule has 0 saturated carbocycles. The summed E-state index contributed by atoms with van der Waals surface area (Å²) in [5.41, 5.74) is 6.07. The number of hydrogen-bond donors (Lipinski definition) is 1. The molecular weight excluding hydrogens is 271 g/mol. The second-order valence-electron chi connectivity index (χ2n) is 6.29. The van der Waals surface area contributed by atoms with E-state index < -0.39 is 5.41 Å². The molecule has 0 radical (unpaired) electrons. The van der Waals surface area contributed by atoms with Gasteiger partial charge in [0.05, 0.1) is 18.2 Å². The minimum atomic E-state index is -0.490. The number of nitrogens with zero attached hydrogens (tertiary/aromatic N) is 1. The van der Waals surface area contributed by atoms with Crippen LogP contribution in [0.2, 0.25) is 0 Å². The summed E-state index contributed by atoms with van der Waals surface area (Å²) in [5.74, 6) is -0.297. The number of benzene rings is 1. The molecule has 1 saturated heterocycles. The Labute approximate surface area is 125 Å². The molecule has 1 aromatic rings. The lowest BCUT2D eigenvalue weighted by molar-refractivity contribution is -0.153. The Morgan fingerprint density at radius 2 is 2.24 bits per heavy atom. The average Bonchev–Trinajstić information content (AvgIpc) is 2.91. The third-order valence-electron chi connectivity index (χ3n) is 4.48. The number of carbonyl (C=O) groups is 1. The van der Waals surface area contributed by atoms with Crippen molar-refractivity contribution in [3.63, 3.8) is 0 Å². The highest BCUT2D eigenvalue weighted by molar-refractivity contribution is 5.76. The fraction of sp³-hybridized carbons (Fsp3) is 0.562. The van der Waals surface area contributed by atoms with Crippen LogP contribution in [0.3, 0.4) is 0 Å². The predicted molar refractivity (Wildman–Crippen MR) is 80.0 cm³/mol. The van der Waals surface area contributed by atoms with Gasteiger partial charge in [-0.05, 0) is 50.4 Å². The molecule has 0 bridgehead atoms. The summed E-state index contributed by atoms with van der Waals surface area (Å²) in [7, 11) is 1.42. The van der Waals surface area contributed by atoms with Gasteiger partial charge in [0.25, 0.3) is 0 Å². The molecule has 21 heavy (non-hydrogen) atoms. The molecule has 2 rings (SSSR count). The van der Waals surface area contributed by atoms with Gasteiger partial charge in [-0.2, -0.15) is 0 Å². The maximum absolute atomic E-state index is 13.5. The molecule has 0 amide bonds. The summed E-state index contributed by atoms with van der Waals surface area (Å²) in [6.45, 7) is 6.24. The van der Waals surface area contributed by atoms with E-state index in [0.717, 1.165) is 25.1 Å². The second-order valence-corrected chi connectivity index (χ2v) is 6.29. The molecule has 0 aliphatic carbocycles. The van der Waals surface area contributed by atoms with Crippen LogP contribution in [0.4, 0.5) is 10.1 Å².